The van der Waals surface area contributed by atoms with Crippen molar-refractivity contribution in [2.75, 3.05) is 26.2 Å². The minimum Gasteiger partial charge on any atom is -0.492 e. The maximum Gasteiger partial charge on any atom is 0.407 e. The van der Waals surface area contributed by atoms with E-state index in [0.717, 1.165) is 18.8 Å². The molecule has 5 nitrogen and oxygen atoms in total. The first-order valence-corrected chi connectivity index (χ1v) is 8.63. The topological polar surface area (TPSA) is 59.6 Å². The fourth-order valence-corrected chi connectivity index (χ4v) is 2.12. The summed E-state index contributed by atoms with van der Waals surface area (Å²) in [6.07, 6.45) is -0.361. The fraction of sp³-hybridized carbons (Fsp3) is 0.632. The van der Waals surface area contributed by atoms with Crippen molar-refractivity contribution in [3.8, 4) is 5.75 Å². The number of hydrogen-bond donors (Lipinski definition) is 2. The number of amides is 1. The van der Waals surface area contributed by atoms with Gasteiger partial charge in [-0.15, -0.1) is 0 Å². The molecular weight excluding hydrogens is 304 g/mol. The van der Waals surface area contributed by atoms with E-state index < -0.39 is 5.60 Å². The van der Waals surface area contributed by atoms with Crippen molar-refractivity contribution >= 4 is 6.09 Å². The van der Waals surface area contributed by atoms with Gasteiger partial charge in [-0.3, -0.25) is 0 Å². The van der Waals surface area contributed by atoms with E-state index in [4.69, 9.17) is 9.47 Å². The average molecular weight is 336 g/mol. The largest absolute Gasteiger partial charge is 0.492 e. The van der Waals surface area contributed by atoms with Crippen molar-refractivity contribution in [1.29, 1.82) is 0 Å². The number of ether oxygens (including phenoxy) is 2. The van der Waals surface area contributed by atoms with Gasteiger partial charge in [-0.1, -0.05) is 32.0 Å². The van der Waals surface area contributed by atoms with Crippen molar-refractivity contribution in [3.63, 3.8) is 0 Å². The fourth-order valence-electron chi connectivity index (χ4n) is 2.12. The third-order valence-electron chi connectivity index (χ3n) is 3.55. The maximum atomic E-state index is 11.7. The minimum atomic E-state index is -0.468. The third kappa shape index (κ3) is 9.40. The summed E-state index contributed by atoms with van der Waals surface area (Å²) in [6, 6.07) is 9.78. The number of nitrogens with one attached hydrogen (secondary N) is 2. The van der Waals surface area contributed by atoms with Gasteiger partial charge in [0.15, 0.2) is 0 Å². The summed E-state index contributed by atoms with van der Waals surface area (Å²) in [5, 5.41) is 6.25. The molecule has 0 aliphatic rings. The molecule has 1 unspecified atom stereocenters. The van der Waals surface area contributed by atoms with Gasteiger partial charge in [-0.2, -0.15) is 0 Å². The summed E-state index contributed by atoms with van der Waals surface area (Å²) >= 11 is 0. The Balaban J connectivity index is 2.22. The predicted molar refractivity (Wildman–Crippen MR) is 97.4 cm³/mol. The third-order valence-corrected chi connectivity index (χ3v) is 3.55. The number of rotatable bonds is 9. The Morgan fingerprint density at radius 2 is 1.79 bits per heavy atom. The van der Waals surface area contributed by atoms with Crippen LogP contribution in [-0.4, -0.2) is 37.9 Å². The van der Waals surface area contributed by atoms with E-state index in [-0.39, 0.29) is 6.09 Å². The Labute approximate surface area is 146 Å². The molecule has 1 aromatic carbocycles. The van der Waals surface area contributed by atoms with Gasteiger partial charge in [-0.25, -0.2) is 4.79 Å². The Morgan fingerprint density at radius 1 is 1.12 bits per heavy atom. The van der Waals surface area contributed by atoms with Crippen molar-refractivity contribution in [2.45, 2.75) is 40.2 Å². The molecule has 136 valence electrons. The number of carbonyl (C=O) groups excluding carboxylic acids is 1. The number of hydrogen-bond acceptors (Lipinski definition) is 4. The van der Waals surface area contributed by atoms with Crippen LogP contribution in [0.1, 0.15) is 34.6 Å². The van der Waals surface area contributed by atoms with E-state index in [1.54, 1.807) is 0 Å². The summed E-state index contributed by atoms with van der Waals surface area (Å²) < 4.78 is 10.9. The summed E-state index contributed by atoms with van der Waals surface area (Å²) in [5.74, 6) is 1.68. The smallest absolute Gasteiger partial charge is 0.407 e. The lowest BCUT2D eigenvalue weighted by Crippen LogP contribution is -2.40. The van der Waals surface area contributed by atoms with Gasteiger partial charge in [-0.05, 0) is 44.7 Å². The zero-order valence-electron chi connectivity index (χ0n) is 15.6. The maximum absolute atomic E-state index is 11.7. The Morgan fingerprint density at radius 3 is 2.38 bits per heavy atom. The second-order valence-electron chi connectivity index (χ2n) is 7.25. The first-order valence-electron chi connectivity index (χ1n) is 8.63. The van der Waals surface area contributed by atoms with Gasteiger partial charge < -0.3 is 20.1 Å². The molecule has 1 amide bonds. The van der Waals surface area contributed by atoms with Gasteiger partial charge in [0.1, 0.15) is 18.0 Å². The highest BCUT2D eigenvalue weighted by Crippen LogP contribution is 2.11. The van der Waals surface area contributed by atoms with Crippen LogP contribution in [0.4, 0.5) is 4.79 Å². The molecule has 0 fully saturated rings. The Kier molecular flexibility index (Phi) is 8.61. The lowest BCUT2D eigenvalue weighted by Gasteiger charge is -2.24. The van der Waals surface area contributed by atoms with Gasteiger partial charge in [0.25, 0.3) is 0 Å². The van der Waals surface area contributed by atoms with E-state index in [1.807, 2.05) is 51.1 Å². The molecule has 0 aliphatic carbocycles. The molecule has 5 heteroatoms. The average Bonchev–Trinajstić information content (AvgIpc) is 2.48. The number of carbonyl (C=O) groups is 1. The second kappa shape index (κ2) is 10.2. The van der Waals surface area contributed by atoms with Crippen molar-refractivity contribution in [1.82, 2.24) is 10.6 Å². The predicted octanol–water partition coefficient (Wildman–Crippen LogP) is 3.45. The zero-order valence-corrected chi connectivity index (χ0v) is 15.6. The summed E-state index contributed by atoms with van der Waals surface area (Å²) in [7, 11) is 0. The monoisotopic (exact) mass is 336 g/mol. The lowest BCUT2D eigenvalue weighted by molar-refractivity contribution is 0.0514. The molecule has 0 aromatic heterocycles. The number of benzene rings is 1. The standard InChI is InChI=1S/C19H32N2O3/c1-15(2)16(14-21-18(22)24-19(3,4)5)13-20-11-12-23-17-9-7-6-8-10-17/h6-10,15-16,20H,11-14H2,1-5H3,(H,21,22). The summed E-state index contributed by atoms with van der Waals surface area (Å²) in [6.45, 7) is 12.7. The quantitative estimate of drug-likeness (QED) is 0.678. The van der Waals surface area contributed by atoms with E-state index in [0.29, 0.717) is 25.0 Å². The molecule has 0 saturated heterocycles. The van der Waals surface area contributed by atoms with Gasteiger partial charge >= 0.3 is 6.09 Å². The molecule has 0 heterocycles. The van der Waals surface area contributed by atoms with Crippen LogP contribution in [0.2, 0.25) is 0 Å². The van der Waals surface area contributed by atoms with Crippen LogP contribution in [0.15, 0.2) is 30.3 Å². The summed E-state index contributed by atoms with van der Waals surface area (Å²) in [4.78, 5) is 11.7. The van der Waals surface area contributed by atoms with Crippen molar-refractivity contribution in [3.05, 3.63) is 30.3 Å². The lowest BCUT2D eigenvalue weighted by atomic mass is 9.96. The zero-order chi connectivity index (χ0) is 18.0. The molecule has 0 bridgehead atoms. The highest BCUT2D eigenvalue weighted by molar-refractivity contribution is 5.67. The van der Waals surface area contributed by atoms with Crippen molar-refractivity contribution in [2.24, 2.45) is 11.8 Å². The SMILES string of the molecule is CC(C)C(CNCCOc1ccccc1)CNC(=O)OC(C)(C)C. The molecule has 1 rings (SSSR count). The van der Waals surface area contributed by atoms with Gasteiger partial charge in [0.2, 0.25) is 0 Å². The molecule has 1 atom stereocenters. The molecule has 2 N–H and O–H groups in total. The first kappa shape index (κ1) is 20.3. The highest BCUT2D eigenvalue weighted by atomic mass is 16.6. The molecule has 24 heavy (non-hydrogen) atoms. The molecule has 0 saturated carbocycles. The van der Waals surface area contributed by atoms with Crippen LogP contribution in [0.25, 0.3) is 0 Å². The van der Waals surface area contributed by atoms with E-state index in [2.05, 4.69) is 24.5 Å². The van der Waals surface area contributed by atoms with Crippen LogP contribution in [0.5, 0.6) is 5.75 Å². The Hall–Kier alpha value is -1.75. The van der Waals surface area contributed by atoms with E-state index in [9.17, 15) is 4.79 Å². The van der Waals surface area contributed by atoms with E-state index in [1.165, 1.54) is 0 Å². The van der Waals surface area contributed by atoms with Gasteiger partial charge in [0.05, 0.1) is 0 Å². The molecule has 0 aliphatic heterocycles. The van der Waals surface area contributed by atoms with Crippen LogP contribution >= 0.6 is 0 Å². The van der Waals surface area contributed by atoms with Crippen LogP contribution in [0, 0.1) is 11.8 Å². The minimum absolute atomic E-state index is 0.342. The molecule has 1 aromatic rings. The second-order valence-corrected chi connectivity index (χ2v) is 7.25. The summed E-state index contributed by atoms with van der Waals surface area (Å²) in [5.41, 5.74) is -0.468. The van der Waals surface area contributed by atoms with Crippen LogP contribution in [0.3, 0.4) is 0 Å². The van der Waals surface area contributed by atoms with Crippen molar-refractivity contribution < 1.29 is 14.3 Å². The van der Waals surface area contributed by atoms with Gasteiger partial charge in [0, 0.05) is 19.6 Å². The number of para-hydroxylation sites is 1. The van der Waals surface area contributed by atoms with E-state index >= 15 is 0 Å². The highest BCUT2D eigenvalue weighted by Gasteiger charge is 2.18. The number of alkyl carbamates (subject to hydrolysis) is 1. The molecule has 0 spiro atoms. The Bertz CT molecular complexity index is 469. The van der Waals surface area contributed by atoms with Crippen LogP contribution < -0.4 is 15.4 Å². The molecule has 0 radical (unpaired) electrons. The normalized spacial score (nSPS) is 12.8. The van der Waals surface area contributed by atoms with Crippen LogP contribution in [-0.2, 0) is 4.74 Å². The first-order chi connectivity index (χ1) is 11.3. The molecular formula is C19H32N2O3.